The molecule has 0 radical (unpaired) electrons. The quantitative estimate of drug-likeness (QED) is 0.171. The number of aliphatic hydroxyl groups is 2. The van der Waals surface area contributed by atoms with Crippen molar-refractivity contribution in [1.29, 1.82) is 0 Å². The summed E-state index contributed by atoms with van der Waals surface area (Å²) in [4.78, 5) is 27.1. The number of ether oxygens (including phenoxy) is 1. The molecule has 0 spiro atoms. The zero-order valence-electron chi connectivity index (χ0n) is 25.5. The number of thioether (sulfide) groups is 1. The number of fused-ring (bicyclic) bond motifs is 2. The Balaban J connectivity index is 1.10. The van der Waals surface area contributed by atoms with Gasteiger partial charge in [0.25, 0.3) is 5.91 Å². The highest BCUT2D eigenvalue weighted by Crippen LogP contribution is 2.33. The SMILES string of the molecule is CSc1ccc2c(c1)c(CCNc1ncnc3c1ncn3C1OC(C(=O)NC3CC3)C(O)C1O)cn2Cc1cc(C)ccc1C. The molecule has 7 rings (SSSR count). The van der Waals surface area contributed by atoms with E-state index in [1.54, 1.807) is 16.3 Å². The van der Waals surface area contributed by atoms with E-state index in [2.05, 4.69) is 92.9 Å². The summed E-state index contributed by atoms with van der Waals surface area (Å²) in [5, 5.41) is 28.9. The van der Waals surface area contributed by atoms with E-state index >= 15 is 0 Å². The van der Waals surface area contributed by atoms with E-state index in [0.29, 0.717) is 23.5 Å². The van der Waals surface area contributed by atoms with Crippen LogP contribution in [0, 0.1) is 13.8 Å². The fraction of sp³-hybridized carbons (Fsp3) is 0.394. The van der Waals surface area contributed by atoms with Gasteiger partial charge in [0, 0.05) is 41.1 Å². The Hall–Kier alpha value is -3.97. The molecule has 4 unspecified atom stereocenters. The number of carbonyl (C=O) groups is 1. The lowest BCUT2D eigenvalue weighted by atomic mass is 10.1. The van der Waals surface area contributed by atoms with E-state index in [0.717, 1.165) is 25.8 Å². The molecule has 0 bridgehead atoms. The van der Waals surface area contributed by atoms with Gasteiger partial charge >= 0.3 is 0 Å². The molecular weight excluding hydrogens is 590 g/mol. The molecule has 2 aliphatic rings. The summed E-state index contributed by atoms with van der Waals surface area (Å²) in [5.74, 6) is 0.131. The van der Waals surface area contributed by atoms with Gasteiger partial charge in [-0.25, -0.2) is 15.0 Å². The summed E-state index contributed by atoms with van der Waals surface area (Å²) in [6.45, 7) is 5.69. The number of rotatable bonds is 10. The smallest absolute Gasteiger partial charge is 0.252 e. The normalized spacial score (nSPS) is 21.5. The van der Waals surface area contributed by atoms with Crippen molar-refractivity contribution < 1.29 is 19.7 Å². The van der Waals surface area contributed by atoms with Gasteiger partial charge in [-0.2, -0.15) is 0 Å². The second-order valence-electron chi connectivity index (χ2n) is 12.0. The van der Waals surface area contributed by atoms with Crippen molar-refractivity contribution in [3.8, 4) is 0 Å². The Morgan fingerprint density at radius 2 is 1.91 bits per heavy atom. The van der Waals surface area contributed by atoms with Crippen molar-refractivity contribution in [2.24, 2.45) is 0 Å². The first-order valence-electron chi connectivity index (χ1n) is 15.3. The van der Waals surface area contributed by atoms with Crippen LogP contribution in [-0.4, -0.2) is 77.4 Å². The minimum Gasteiger partial charge on any atom is -0.387 e. The summed E-state index contributed by atoms with van der Waals surface area (Å²) in [6, 6.07) is 13.4. The fourth-order valence-electron chi connectivity index (χ4n) is 6.06. The maximum Gasteiger partial charge on any atom is 0.252 e. The van der Waals surface area contributed by atoms with Crippen LogP contribution < -0.4 is 10.6 Å². The summed E-state index contributed by atoms with van der Waals surface area (Å²) in [6.07, 6.45) is 4.97. The molecule has 2 aromatic carbocycles. The van der Waals surface area contributed by atoms with Crippen LogP contribution in [0.1, 0.15) is 41.3 Å². The average molecular weight is 628 g/mol. The maximum absolute atomic E-state index is 12.6. The molecule has 4 heterocycles. The van der Waals surface area contributed by atoms with E-state index in [-0.39, 0.29) is 6.04 Å². The van der Waals surface area contributed by atoms with Crippen LogP contribution in [0.3, 0.4) is 0 Å². The highest BCUT2D eigenvalue weighted by Gasteiger charge is 2.48. The van der Waals surface area contributed by atoms with Crippen LogP contribution in [0.25, 0.3) is 22.1 Å². The number of aliphatic hydroxyl groups excluding tert-OH is 2. The number of aromatic nitrogens is 5. The molecule has 11 nitrogen and oxygen atoms in total. The lowest BCUT2D eigenvalue weighted by Gasteiger charge is -2.16. The molecule has 4 N–H and O–H groups in total. The van der Waals surface area contributed by atoms with Gasteiger partial charge in [0.05, 0.1) is 6.33 Å². The Bertz CT molecular complexity index is 1880. The zero-order valence-corrected chi connectivity index (χ0v) is 26.3. The molecule has 4 atom stereocenters. The summed E-state index contributed by atoms with van der Waals surface area (Å²) < 4.78 is 9.73. The number of amides is 1. The van der Waals surface area contributed by atoms with Crippen LogP contribution in [0.4, 0.5) is 5.82 Å². The maximum atomic E-state index is 12.6. The molecule has 5 aromatic rings. The molecule has 45 heavy (non-hydrogen) atoms. The highest BCUT2D eigenvalue weighted by molar-refractivity contribution is 7.98. The third-order valence-corrected chi connectivity index (χ3v) is 9.48. The molecule has 1 aliphatic carbocycles. The lowest BCUT2D eigenvalue weighted by Crippen LogP contribution is -2.43. The predicted octanol–water partition coefficient (Wildman–Crippen LogP) is 3.72. The first-order chi connectivity index (χ1) is 21.8. The summed E-state index contributed by atoms with van der Waals surface area (Å²) >= 11 is 1.73. The molecule has 3 aromatic heterocycles. The van der Waals surface area contributed by atoms with E-state index in [1.807, 2.05) is 0 Å². The minimum atomic E-state index is -1.37. The lowest BCUT2D eigenvalue weighted by molar-refractivity contribution is -0.137. The van der Waals surface area contributed by atoms with Crippen LogP contribution in [-0.2, 0) is 22.5 Å². The van der Waals surface area contributed by atoms with Crippen molar-refractivity contribution in [1.82, 2.24) is 29.4 Å². The van der Waals surface area contributed by atoms with Crippen molar-refractivity contribution in [2.75, 3.05) is 18.1 Å². The van der Waals surface area contributed by atoms with Crippen molar-refractivity contribution >= 4 is 45.6 Å². The van der Waals surface area contributed by atoms with Crippen LogP contribution in [0.5, 0.6) is 0 Å². The zero-order chi connectivity index (χ0) is 31.2. The Kier molecular flexibility index (Phi) is 7.98. The van der Waals surface area contributed by atoms with Crippen LogP contribution >= 0.6 is 11.8 Å². The number of hydrogen-bond donors (Lipinski definition) is 4. The van der Waals surface area contributed by atoms with Gasteiger partial charge in [-0.15, -0.1) is 11.8 Å². The third kappa shape index (κ3) is 5.79. The number of benzene rings is 2. The standard InChI is InChI=1S/C33H37N7O4S/c1-18-4-5-19(2)21(12-18)15-39-14-20(24-13-23(45-3)8-9-25(24)39)10-11-34-30-26-31(36-16-35-30)40(17-37-26)33-28(42)27(41)29(44-33)32(43)38-22-6-7-22/h4-5,8-9,12-14,16-17,22,27-29,33,41-42H,6-7,10-11,15H2,1-3H3,(H,38,43)(H,34,35,36). The number of nitrogens with one attached hydrogen (secondary N) is 2. The minimum absolute atomic E-state index is 0.112. The van der Waals surface area contributed by atoms with Gasteiger partial charge in [-0.05, 0) is 74.3 Å². The second kappa shape index (κ2) is 12.1. The number of nitrogens with zero attached hydrogens (tertiary/aromatic N) is 5. The summed E-state index contributed by atoms with van der Waals surface area (Å²) in [7, 11) is 0. The highest BCUT2D eigenvalue weighted by atomic mass is 32.2. The van der Waals surface area contributed by atoms with E-state index < -0.39 is 30.4 Å². The molecule has 2 fully saturated rings. The number of aryl methyl sites for hydroxylation is 2. The number of imidazole rings is 1. The number of hydrogen-bond acceptors (Lipinski definition) is 9. The molecule has 12 heteroatoms. The summed E-state index contributed by atoms with van der Waals surface area (Å²) in [5.41, 5.74) is 7.22. The molecule has 1 saturated carbocycles. The Morgan fingerprint density at radius 1 is 1.07 bits per heavy atom. The largest absolute Gasteiger partial charge is 0.387 e. The van der Waals surface area contributed by atoms with Gasteiger partial charge < -0.3 is 30.2 Å². The Morgan fingerprint density at radius 3 is 2.71 bits per heavy atom. The third-order valence-electron chi connectivity index (χ3n) is 8.76. The Labute approximate surface area is 265 Å². The molecule has 1 amide bonds. The molecule has 1 aliphatic heterocycles. The van der Waals surface area contributed by atoms with Crippen molar-refractivity contribution in [2.45, 2.75) is 75.1 Å². The van der Waals surface area contributed by atoms with E-state index in [1.165, 1.54) is 50.7 Å². The number of carbonyl (C=O) groups excluding carboxylic acids is 1. The monoisotopic (exact) mass is 627 g/mol. The van der Waals surface area contributed by atoms with Crippen LogP contribution in [0.2, 0.25) is 0 Å². The fourth-order valence-corrected chi connectivity index (χ4v) is 6.50. The van der Waals surface area contributed by atoms with Crippen molar-refractivity contribution in [3.63, 3.8) is 0 Å². The molecule has 1 saturated heterocycles. The first-order valence-corrected chi connectivity index (χ1v) is 16.5. The van der Waals surface area contributed by atoms with E-state index in [9.17, 15) is 15.0 Å². The van der Waals surface area contributed by atoms with Gasteiger partial charge in [0.2, 0.25) is 0 Å². The number of anilines is 1. The molecule has 234 valence electrons. The van der Waals surface area contributed by atoms with Gasteiger partial charge in [0.15, 0.2) is 29.3 Å². The van der Waals surface area contributed by atoms with E-state index in [4.69, 9.17) is 4.74 Å². The van der Waals surface area contributed by atoms with Gasteiger partial charge in [-0.3, -0.25) is 9.36 Å². The topological polar surface area (TPSA) is 139 Å². The second-order valence-corrected chi connectivity index (χ2v) is 12.9. The average Bonchev–Trinajstić information content (AvgIpc) is 3.53. The first kappa shape index (κ1) is 29.7. The predicted molar refractivity (Wildman–Crippen MR) is 173 cm³/mol. The van der Waals surface area contributed by atoms with Crippen molar-refractivity contribution in [3.05, 3.63) is 77.5 Å². The molecular formula is C33H37N7O4S. The van der Waals surface area contributed by atoms with Gasteiger partial charge in [-0.1, -0.05) is 23.8 Å². The van der Waals surface area contributed by atoms with Crippen LogP contribution in [0.15, 0.2) is 60.1 Å². The van der Waals surface area contributed by atoms with Gasteiger partial charge in [0.1, 0.15) is 18.5 Å².